The SMILES string of the molecule is COc1ccc(C(Cl)c2ccccc2C)cc1C. The molecule has 0 radical (unpaired) electrons. The summed E-state index contributed by atoms with van der Waals surface area (Å²) in [7, 11) is 1.68. The van der Waals surface area contributed by atoms with Crippen molar-refractivity contribution in [1.82, 2.24) is 0 Å². The molecule has 1 nitrogen and oxygen atoms in total. The number of hydrogen-bond acceptors (Lipinski definition) is 1. The van der Waals surface area contributed by atoms with Gasteiger partial charge in [0.25, 0.3) is 0 Å². The van der Waals surface area contributed by atoms with Crippen LogP contribution >= 0.6 is 11.6 Å². The van der Waals surface area contributed by atoms with Crippen LogP contribution in [0.25, 0.3) is 0 Å². The molecule has 0 saturated heterocycles. The molecule has 0 N–H and O–H groups in total. The van der Waals surface area contributed by atoms with E-state index in [4.69, 9.17) is 16.3 Å². The van der Waals surface area contributed by atoms with E-state index in [1.807, 2.05) is 31.2 Å². The van der Waals surface area contributed by atoms with E-state index >= 15 is 0 Å². The number of alkyl halides is 1. The molecule has 0 aliphatic heterocycles. The van der Waals surface area contributed by atoms with E-state index in [2.05, 4.69) is 25.1 Å². The first-order valence-corrected chi connectivity index (χ1v) is 6.41. The molecule has 1 atom stereocenters. The third-order valence-corrected chi connectivity index (χ3v) is 3.66. The lowest BCUT2D eigenvalue weighted by Gasteiger charge is -2.15. The normalized spacial score (nSPS) is 12.2. The highest BCUT2D eigenvalue weighted by Crippen LogP contribution is 2.33. The average molecular weight is 261 g/mol. The van der Waals surface area contributed by atoms with Crippen LogP contribution in [0.2, 0.25) is 0 Å². The first-order valence-electron chi connectivity index (χ1n) is 5.97. The van der Waals surface area contributed by atoms with Gasteiger partial charge in [-0.2, -0.15) is 0 Å². The van der Waals surface area contributed by atoms with Gasteiger partial charge in [-0.3, -0.25) is 0 Å². The number of aryl methyl sites for hydroxylation is 2. The van der Waals surface area contributed by atoms with Crippen LogP contribution in [0.15, 0.2) is 42.5 Å². The Labute approximate surface area is 113 Å². The average Bonchev–Trinajstić information content (AvgIpc) is 2.38. The Kier molecular flexibility index (Phi) is 3.93. The Bertz CT molecular complexity index is 549. The second-order valence-corrected chi connectivity index (χ2v) is 4.88. The van der Waals surface area contributed by atoms with E-state index in [9.17, 15) is 0 Å². The molecule has 2 aromatic carbocycles. The highest BCUT2D eigenvalue weighted by atomic mass is 35.5. The van der Waals surface area contributed by atoms with Crippen LogP contribution in [-0.2, 0) is 0 Å². The molecule has 0 heterocycles. The van der Waals surface area contributed by atoms with Crippen LogP contribution in [0.1, 0.15) is 27.6 Å². The Morgan fingerprint density at radius 3 is 2.33 bits per heavy atom. The summed E-state index contributed by atoms with van der Waals surface area (Å²) in [4.78, 5) is 0. The van der Waals surface area contributed by atoms with Gasteiger partial charge in [0, 0.05) is 0 Å². The smallest absolute Gasteiger partial charge is 0.121 e. The molecule has 1 unspecified atom stereocenters. The predicted molar refractivity (Wildman–Crippen MR) is 76.6 cm³/mol. The number of rotatable bonds is 3. The Hall–Kier alpha value is -1.47. The van der Waals surface area contributed by atoms with Crippen molar-refractivity contribution in [3.63, 3.8) is 0 Å². The van der Waals surface area contributed by atoms with Crippen molar-refractivity contribution in [2.45, 2.75) is 19.2 Å². The largest absolute Gasteiger partial charge is 0.496 e. The summed E-state index contributed by atoms with van der Waals surface area (Å²) in [6.07, 6.45) is 0. The maximum Gasteiger partial charge on any atom is 0.121 e. The lowest BCUT2D eigenvalue weighted by Crippen LogP contribution is -1.97. The van der Waals surface area contributed by atoms with Gasteiger partial charge in [-0.15, -0.1) is 11.6 Å². The van der Waals surface area contributed by atoms with Gasteiger partial charge in [-0.25, -0.2) is 0 Å². The van der Waals surface area contributed by atoms with Crippen molar-refractivity contribution in [2.24, 2.45) is 0 Å². The molecule has 2 aromatic rings. The van der Waals surface area contributed by atoms with Crippen molar-refractivity contribution in [3.8, 4) is 5.75 Å². The number of hydrogen-bond donors (Lipinski definition) is 0. The maximum absolute atomic E-state index is 6.56. The van der Waals surface area contributed by atoms with E-state index in [1.165, 1.54) is 5.56 Å². The fourth-order valence-electron chi connectivity index (χ4n) is 2.11. The van der Waals surface area contributed by atoms with Gasteiger partial charge in [-0.05, 0) is 42.2 Å². The molecule has 0 amide bonds. The zero-order valence-corrected chi connectivity index (χ0v) is 11.7. The quantitative estimate of drug-likeness (QED) is 0.731. The number of ether oxygens (including phenoxy) is 1. The van der Waals surface area contributed by atoms with E-state index in [-0.39, 0.29) is 5.38 Å². The first kappa shape index (κ1) is 13.0. The summed E-state index contributed by atoms with van der Waals surface area (Å²) in [6, 6.07) is 14.3. The zero-order chi connectivity index (χ0) is 13.1. The predicted octanol–water partition coefficient (Wildman–Crippen LogP) is 4.64. The lowest BCUT2D eigenvalue weighted by atomic mass is 9.99. The van der Waals surface area contributed by atoms with Gasteiger partial charge < -0.3 is 4.74 Å². The van der Waals surface area contributed by atoms with Crippen LogP contribution in [0.3, 0.4) is 0 Å². The minimum atomic E-state index is -0.115. The van der Waals surface area contributed by atoms with Crippen molar-refractivity contribution in [2.75, 3.05) is 7.11 Å². The molecule has 0 aliphatic carbocycles. The standard InChI is InChI=1S/C16H17ClO/c1-11-6-4-5-7-14(11)16(17)13-8-9-15(18-3)12(2)10-13/h4-10,16H,1-3H3. The summed E-state index contributed by atoms with van der Waals surface area (Å²) in [5.41, 5.74) is 4.58. The first-order chi connectivity index (χ1) is 8.63. The van der Waals surface area contributed by atoms with E-state index in [1.54, 1.807) is 7.11 Å². The molecular formula is C16H17ClO. The van der Waals surface area contributed by atoms with E-state index < -0.39 is 0 Å². The monoisotopic (exact) mass is 260 g/mol. The van der Waals surface area contributed by atoms with Crippen LogP contribution in [0.4, 0.5) is 0 Å². The Morgan fingerprint density at radius 2 is 1.72 bits per heavy atom. The summed E-state index contributed by atoms with van der Waals surface area (Å²) < 4.78 is 5.27. The maximum atomic E-state index is 6.56. The lowest BCUT2D eigenvalue weighted by molar-refractivity contribution is 0.411. The van der Waals surface area contributed by atoms with Crippen LogP contribution < -0.4 is 4.74 Å². The molecule has 2 heteroatoms. The van der Waals surface area contributed by atoms with Crippen molar-refractivity contribution < 1.29 is 4.74 Å². The molecule has 0 bridgehead atoms. The molecule has 94 valence electrons. The Balaban J connectivity index is 2.37. The van der Waals surface area contributed by atoms with Gasteiger partial charge >= 0.3 is 0 Å². The summed E-state index contributed by atoms with van der Waals surface area (Å²) in [5, 5.41) is -0.115. The molecule has 0 spiro atoms. The summed E-state index contributed by atoms with van der Waals surface area (Å²) in [6.45, 7) is 4.12. The van der Waals surface area contributed by atoms with Crippen LogP contribution in [0, 0.1) is 13.8 Å². The molecule has 0 aliphatic rings. The number of benzene rings is 2. The summed E-state index contributed by atoms with van der Waals surface area (Å²) in [5.74, 6) is 0.896. The zero-order valence-electron chi connectivity index (χ0n) is 10.9. The number of halogens is 1. The van der Waals surface area contributed by atoms with Gasteiger partial charge in [-0.1, -0.05) is 36.4 Å². The van der Waals surface area contributed by atoms with Crippen molar-refractivity contribution in [1.29, 1.82) is 0 Å². The van der Waals surface area contributed by atoms with E-state index in [0.717, 1.165) is 22.4 Å². The third kappa shape index (κ3) is 2.51. The highest BCUT2D eigenvalue weighted by molar-refractivity contribution is 6.22. The fraction of sp³-hybridized carbons (Fsp3) is 0.250. The molecule has 0 fully saturated rings. The van der Waals surface area contributed by atoms with Gasteiger partial charge in [0.15, 0.2) is 0 Å². The van der Waals surface area contributed by atoms with Gasteiger partial charge in [0.1, 0.15) is 5.75 Å². The van der Waals surface area contributed by atoms with Gasteiger partial charge in [0.05, 0.1) is 12.5 Å². The highest BCUT2D eigenvalue weighted by Gasteiger charge is 2.13. The topological polar surface area (TPSA) is 9.23 Å². The van der Waals surface area contributed by atoms with E-state index in [0.29, 0.717) is 0 Å². The molecule has 2 rings (SSSR count). The summed E-state index contributed by atoms with van der Waals surface area (Å²) >= 11 is 6.56. The second kappa shape index (κ2) is 5.45. The Morgan fingerprint density at radius 1 is 1.00 bits per heavy atom. The second-order valence-electron chi connectivity index (χ2n) is 4.45. The van der Waals surface area contributed by atoms with Crippen molar-refractivity contribution in [3.05, 3.63) is 64.7 Å². The molecular weight excluding hydrogens is 244 g/mol. The van der Waals surface area contributed by atoms with Crippen molar-refractivity contribution >= 4 is 11.6 Å². The van der Waals surface area contributed by atoms with Gasteiger partial charge in [0.2, 0.25) is 0 Å². The molecule has 0 saturated carbocycles. The number of methoxy groups -OCH3 is 1. The molecule has 18 heavy (non-hydrogen) atoms. The fourth-order valence-corrected chi connectivity index (χ4v) is 2.49. The van der Waals surface area contributed by atoms with Crippen LogP contribution in [0.5, 0.6) is 5.75 Å². The third-order valence-electron chi connectivity index (χ3n) is 3.17. The molecule has 0 aromatic heterocycles. The minimum Gasteiger partial charge on any atom is -0.496 e. The van der Waals surface area contributed by atoms with Crippen LogP contribution in [-0.4, -0.2) is 7.11 Å². The minimum absolute atomic E-state index is 0.115.